The highest BCUT2D eigenvalue weighted by atomic mass is 32.2. The van der Waals surface area contributed by atoms with Gasteiger partial charge in [0.15, 0.2) is 0 Å². The summed E-state index contributed by atoms with van der Waals surface area (Å²) in [5.41, 5.74) is -1.01. The average molecular weight is 274 g/mol. The van der Waals surface area contributed by atoms with E-state index in [-0.39, 0.29) is 10.8 Å². The van der Waals surface area contributed by atoms with Crippen molar-refractivity contribution in [3.63, 3.8) is 0 Å². The summed E-state index contributed by atoms with van der Waals surface area (Å²) in [5.74, 6) is -0.945. The number of hydrogen-bond acceptors (Lipinski definition) is 3. The van der Waals surface area contributed by atoms with Crippen molar-refractivity contribution in [3.05, 3.63) is 0 Å². The topological polar surface area (TPSA) is 78.4 Å². The van der Waals surface area contributed by atoms with E-state index in [0.29, 0.717) is 19.4 Å². The van der Waals surface area contributed by atoms with Gasteiger partial charge in [0, 0.05) is 11.3 Å². The summed E-state index contributed by atoms with van der Waals surface area (Å²) in [6, 6.07) is -0.379. The van der Waals surface area contributed by atoms with Crippen molar-refractivity contribution in [3.8, 4) is 0 Å². The molecule has 0 bridgehead atoms. The predicted octanol–water partition coefficient (Wildman–Crippen LogP) is 1.82. The Hall–Kier alpha value is -0.910. The molecule has 1 aliphatic rings. The van der Waals surface area contributed by atoms with Gasteiger partial charge in [-0.3, -0.25) is 0 Å². The minimum atomic E-state index is -1.01. The van der Waals surface area contributed by atoms with Crippen LogP contribution in [0.3, 0.4) is 0 Å². The molecular formula is C12H22N2O3S. The Bertz CT molecular complexity index is 317. The van der Waals surface area contributed by atoms with Gasteiger partial charge in [-0.1, -0.05) is 13.8 Å². The van der Waals surface area contributed by atoms with E-state index in [1.165, 1.54) is 0 Å². The van der Waals surface area contributed by atoms with E-state index in [0.717, 1.165) is 12.8 Å². The fourth-order valence-corrected chi connectivity index (χ4v) is 2.67. The number of amides is 2. The number of carbonyl (C=O) groups excluding carboxylic acids is 1. The number of carboxylic acids is 1. The second-order valence-corrected chi connectivity index (χ2v) is 6.06. The third-order valence-corrected chi connectivity index (χ3v) is 5.39. The molecule has 18 heavy (non-hydrogen) atoms. The molecule has 0 aromatic heterocycles. The maximum atomic E-state index is 11.7. The summed E-state index contributed by atoms with van der Waals surface area (Å²) >= 11 is 1.74. The number of carboxylic acid groups (broad SMARTS) is 1. The molecule has 1 saturated carbocycles. The molecule has 0 unspecified atom stereocenters. The zero-order valence-electron chi connectivity index (χ0n) is 11.2. The summed E-state index contributed by atoms with van der Waals surface area (Å²) in [4.78, 5) is 22.6. The summed E-state index contributed by atoms with van der Waals surface area (Å²) in [6.45, 7) is 4.75. The Balaban J connectivity index is 2.44. The van der Waals surface area contributed by atoms with Crippen LogP contribution in [0.1, 0.15) is 39.5 Å². The Kier molecular flexibility index (Phi) is 4.90. The minimum absolute atomic E-state index is 0.0390. The lowest BCUT2D eigenvalue weighted by Crippen LogP contribution is -2.50. The molecule has 2 amide bonds. The lowest BCUT2D eigenvalue weighted by Gasteiger charge is -2.30. The Morgan fingerprint density at radius 1 is 1.33 bits per heavy atom. The number of carbonyl (C=O) groups is 2. The molecule has 6 heteroatoms. The van der Waals surface area contributed by atoms with Gasteiger partial charge in [0.05, 0.1) is 0 Å². The predicted molar refractivity (Wildman–Crippen MR) is 73.0 cm³/mol. The van der Waals surface area contributed by atoms with Crippen LogP contribution >= 0.6 is 11.8 Å². The molecule has 0 radical (unpaired) electrons. The summed E-state index contributed by atoms with van der Waals surface area (Å²) in [6.07, 6.45) is 5.01. The zero-order valence-corrected chi connectivity index (χ0v) is 12.0. The minimum Gasteiger partial charge on any atom is -0.480 e. The Labute approximate surface area is 112 Å². The number of thioether (sulfide) groups is 1. The van der Waals surface area contributed by atoms with E-state index in [1.54, 1.807) is 11.8 Å². The van der Waals surface area contributed by atoms with Gasteiger partial charge in [-0.25, -0.2) is 9.59 Å². The SMILES string of the molecule is CCC(CC)(CNC(=O)NC1(C(=O)O)CC1)SC. The van der Waals surface area contributed by atoms with Gasteiger partial charge in [0.2, 0.25) is 0 Å². The highest BCUT2D eigenvalue weighted by molar-refractivity contribution is 8.00. The van der Waals surface area contributed by atoms with E-state index in [1.807, 2.05) is 6.26 Å². The first-order valence-electron chi connectivity index (χ1n) is 6.28. The van der Waals surface area contributed by atoms with Crippen molar-refractivity contribution in [1.82, 2.24) is 10.6 Å². The van der Waals surface area contributed by atoms with Gasteiger partial charge in [-0.2, -0.15) is 11.8 Å². The quantitative estimate of drug-likeness (QED) is 0.662. The average Bonchev–Trinajstić information content (AvgIpc) is 3.13. The van der Waals surface area contributed by atoms with Crippen molar-refractivity contribution in [2.24, 2.45) is 0 Å². The highest BCUT2D eigenvalue weighted by Crippen LogP contribution is 2.35. The smallest absolute Gasteiger partial charge is 0.329 e. The fraction of sp³-hybridized carbons (Fsp3) is 0.833. The first kappa shape index (κ1) is 15.1. The molecule has 1 aliphatic carbocycles. The zero-order chi connectivity index (χ0) is 13.8. The molecule has 0 aliphatic heterocycles. The number of hydrogen-bond donors (Lipinski definition) is 3. The molecule has 0 saturated heterocycles. The van der Waals surface area contributed by atoms with Crippen LogP contribution in [0, 0.1) is 0 Å². The molecule has 104 valence electrons. The molecule has 0 atom stereocenters. The van der Waals surface area contributed by atoms with Crippen molar-refractivity contribution < 1.29 is 14.7 Å². The summed E-state index contributed by atoms with van der Waals surface area (Å²) in [7, 11) is 0. The molecule has 0 heterocycles. The largest absolute Gasteiger partial charge is 0.480 e. The van der Waals surface area contributed by atoms with E-state index < -0.39 is 11.5 Å². The maximum Gasteiger partial charge on any atom is 0.329 e. The monoisotopic (exact) mass is 274 g/mol. The van der Waals surface area contributed by atoms with Gasteiger partial charge in [-0.05, 0) is 31.9 Å². The maximum absolute atomic E-state index is 11.7. The molecule has 0 spiro atoms. The molecule has 5 nitrogen and oxygen atoms in total. The third kappa shape index (κ3) is 3.31. The van der Waals surface area contributed by atoms with Crippen LogP contribution in [0.15, 0.2) is 0 Å². The second-order valence-electron chi connectivity index (χ2n) is 4.79. The molecule has 3 N–H and O–H groups in total. The Morgan fingerprint density at radius 3 is 2.22 bits per heavy atom. The molecule has 0 aromatic carbocycles. The standard InChI is InChI=1S/C12H22N2O3S/c1-4-11(5-2,18-3)8-13-10(17)14-12(6-7-12)9(15)16/h4-8H2,1-3H3,(H,15,16)(H2,13,14,17). The summed E-state index contributed by atoms with van der Waals surface area (Å²) < 4.78 is 0.0390. The number of rotatable bonds is 7. The fourth-order valence-electron chi connectivity index (χ4n) is 1.88. The lowest BCUT2D eigenvalue weighted by atomic mass is 10.0. The van der Waals surface area contributed by atoms with Crippen LogP contribution in [0.4, 0.5) is 4.79 Å². The number of urea groups is 1. The summed E-state index contributed by atoms with van der Waals surface area (Å²) in [5, 5.41) is 14.3. The second kappa shape index (κ2) is 5.82. The van der Waals surface area contributed by atoms with Crippen molar-refractivity contribution in [2.45, 2.75) is 49.8 Å². The van der Waals surface area contributed by atoms with E-state index >= 15 is 0 Å². The van der Waals surface area contributed by atoms with Crippen LogP contribution in [0.5, 0.6) is 0 Å². The van der Waals surface area contributed by atoms with E-state index in [2.05, 4.69) is 24.5 Å². The lowest BCUT2D eigenvalue weighted by molar-refractivity contribution is -0.140. The number of nitrogens with one attached hydrogen (secondary N) is 2. The molecule has 0 aromatic rings. The van der Waals surface area contributed by atoms with Crippen molar-refractivity contribution in [2.75, 3.05) is 12.8 Å². The normalized spacial score (nSPS) is 17.1. The van der Waals surface area contributed by atoms with Gasteiger partial charge in [-0.15, -0.1) is 0 Å². The van der Waals surface area contributed by atoms with Gasteiger partial charge in [0.1, 0.15) is 5.54 Å². The first-order valence-corrected chi connectivity index (χ1v) is 7.50. The molecule has 1 fully saturated rings. The Morgan fingerprint density at radius 2 is 1.89 bits per heavy atom. The first-order chi connectivity index (χ1) is 8.43. The van der Waals surface area contributed by atoms with Crippen LogP contribution < -0.4 is 10.6 Å². The van der Waals surface area contributed by atoms with E-state index in [9.17, 15) is 9.59 Å². The van der Waals surface area contributed by atoms with Crippen molar-refractivity contribution >= 4 is 23.8 Å². The third-order valence-electron chi connectivity index (χ3n) is 3.80. The molecule has 1 rings (SSSR count). The van der Waals surface area contributed by atoms with E-state index in [4.69, 9.17) is 5.11 Å². The van der Waals surface area contributed by atoms with Gasteiger partial charge < -0.3 is 15.7 Å². The van der Waals surface area contributed by atoms with Gasteiger partial charge >= 0.3 is 12.0 Å². The van der Waals surface area contributed by atoms with Gasteiger partial charge in [0.25, 0.3) is 0 Å². The number of aliphatic carboxylic acids is 1. The van der Waals surface area contributed by atoms with Crippen LogP contribution in [-0.4, -0.2) is 40.2 Å². The van der Waals surface area contributed by atoms with Crippen LogP contribution in [-0.2, 0) is 4.79 Å². The van der Waals surface area contributed by atoms with Crippen LogP contribution in [0.2, 0.25) is 0 Å². The van der Waals surface area contributed by atoms with Crippen molar-refractivity contribution in [1.29, 1.82) is 0 Å². The molecular weight excluding hydrogens is 252 g/mol. The van der Waals surface area contributed by atoms with Crippen LogP contribution in [0.25, 0.3) is 0 Å². The highest BCUT2D eigenvalue weighted by Gasteiger charge is 2.51.